The molecule has 7 heteroatoms. The second-order valence-corrected chi connectivity index (χ2v) is 13.5. The minimum Gasteiger partial charge on any atom is -0.480 e. The quantitative estimate of drug-likeness (QED) is 0.115. The van der Waals surface area contributed by atoms with Crippen molar-refractivity contribution in [2.45, 2.75) is 134 Å². The fourth-order valence-corrected chi connectivity index (χ4v) is 7.21. The highest BCUT2D eigenvalue weighted by Crippen LogP contribution is 2.47. The second-order valence-electron chi connectivity index (χ2n) is 13.5. The minimum atomic E-state index is -1.88. The number of carboxylic acids is 1. The van der Waals surface area contributed by atoms with Crippen molar-refractivity contribution in [3.63, 3.8) is 0 Å². The number of hydrogen-bond donors (Lipinski definition) is 1. The number of unbranched alkanes of at least 4 members (excludes halogenated alkanes) is 10. The summed E-state index contributed by atoms with van der Waals surface area (Å²) in [5.41, 5.74) is -0.929. The van der Waals surface area contributed by atoms with E-state index in [0.717, 1.165) is 31.6 Å². The van der Waals surface area contributed by atoms with Gasteiger partial charge in [0.25, 0.3) is 0 Å². The number of aliphatic carboxylic acids is 1. The van der Waals surface area contributed by atoms with Crippen LogP contribution in [0.4, 0.5) is 8.78 Å². The highest BCUT2D eigenvalue weighted by atomic mass is 19.2. The molecule has 252 valence electrons. The van der Waals surface area contributed by atoms with Gasteiger partial charge in [-0.3, -0.25) is 4.79 Å². The zero-order chi connectivity index (χ0) is 31.9. The fraction of sp³-hybridized carbons (Fsp3) is 0.711. The van der Waals surface area contributed by atoms with Gasteiger partial charge in [-0.05, 0) is 24.8 Å². The summed E-state index contributed by atoms with van der Waals surface area (Å²) in [5.74, 6) is -4.46. The molecule has 45 heavy (non-hydrogen) atoms. The Kier molecular flexibility index (Phi) is 15.0. The zero-order valence-electron chi connectivity index (χ0n) is 27.5. The van der Waals surface area contributed by atoms with Crippen LogP contribution >= 0.6 is 0 Å². The smallest absolute Gasteiger partial charge is 0.317 e. The van der Waals surface area contributed by atoms with Crippen molar-refractivity contribution >= 4 is 5.97 Å². The molecule has 4 rings (SSSR count). The highest BCUT2D eigenvalue weighted by Gasteiger charge is 2.46. The molecule has 1 aliphatic heterocycles. The van der Waals surface area contributed by atoms with E-state index in [4.69, 9.17) is 14.2 Å². The average molecular weight is 631 g/mol. The highest BCUT2D eigenvalue weighted by molar-refractivity contribution is 5.76. The van der Waals surface area contributed by atoms with Gasteiger partial charge in [-0.25, -0.2) is 8.78 Å². The van der Waals surface area contributed by atoms with Crippen LogP contribution in [0.15, 0.2) is 48.1 Å². The molecule has 0 amide bonds. The van der Waals surface area contributed by atoms with Crippen molar-refractivity contribution in [1.82, 2.24) is 0 Å². The molecule has 1 heterocycles. The Hall–Kier alpha value is -2.09. The monoisotopic (exact) mass is 630 g/mol. The first kappa shape index (κ1) is 35.8. The third-order valence-corrected chi connectivity index (χ3v) is 9.96. The molecule has 0 aromatic heterocycles. The Morgan fingerprint density at radius 2 is 1.47 bits per heavy atom. The zero-order valence-corrected chi connectivity index (χ0v) is 27.5. The minimum absolute atomic E-state index is 0.215. The van der Waals surface area contributed by atoms with E-state index in [0.29, 0.717) is 36.7 Å². The molecule has 1 aromatic carbocycles. The summed E-state index contributed by atoms with van der Waals surface area (Å²) < 4.78 is 50.0. The van der Waals surface area contributed by atoms with Crippen LogP contribution in [0, 0.1) is 17.8 Å². The van der Waals surface area contributed by atoms with Crippen LogP contribution in [0.1, 0.15) is 140 Å². The molecule has 0 spiro atoms. The van der Waals surface area contributed by atoms with Gasteiger partial charge in [0.05, 0.1) is 13.2 Å². The van der Waals surface area contributed by atoms with E-state index < -0.39 is 35.4 Å². The molecule has 5 nitrogen and oxygen atoms in total. The first-order valence-corrected chi connectivity index (χ1v) is 17.9. The first-order chi connectivity index (χ1) is 22.0. The van der Waals surface area contributed by atoms with Gasteiger partial charge < -0.3 is 19.3 Å². The summed E-state index contributed by atoms with van der Waals surface area (Å²) in [6.45, 7) is 3.51. The van der Waals surface area contributed by atoms with Crippen LogP contribution in [0.5, 0.6) is 0 Å². The third kappa shape index (κ3) is 10.2. The Morgan fingerprint density at radius 1 is 0.867 bits per heavy atom. The van der Waals surface area contributed by atoms with Crippen LogP contribution in [-0.4, -0.2) is 30.9 Å². The van der Waals surface area contributed by atoms with Gasteiger partial charge in [-0.2, -0.15) is 0 Å². The van der Waals surface area contributed by atoms with Gasteiger partial charge in [0.2, 0.25) is 0 Å². The second kappa shape index (κ2) is 18.9. The number of benzene rings is 1. The average Bonchev–Trinajstić information content (AvgIpc) is 3.58. The summed E-state index contributed by atoms with van der Waals surface area (Å²) in [6.07, 6.45) is 23.6. The van der Waals surface area contributed by atoms with Crippen molar-refractivity contribution in [1.29, 1.82) is 0 Å². The van der Waals surface area contributed by atoms with Gasteiger partial charge in [0, 0.05) is 23.7 Å². The third-order valence-electron chi connectivity index (χ3n) is 9.96. The lowest BCUT2D eigenvalue weighted by atomic mass is 9.81. The predicted molar refractivity (Wildman–Crippen MR) is 174 cm³/mol. The molecule has 2 unspecified atom stereocenters. The Labute approximate surface area is 269 Å². The van der Waals surface area contributed by atoms with Crippen molar-refractivity contribution in [3.8, 4) is 0 Å². The number of halogens is 2. The van der Waals surface area contributed by atoms with E-state index in [1.165, 1.54) is 95.6 Å². The molecule has 1 N–H and O–H groups in total. The first-order valence-electron chi connectivity index (χ1n) is 17.9. The fourth-order valence-electron chi connectivity index (χ4n) is 7.21. The van der Waals surface area contributed by atoms with Crippen LogP contribution in [0.25, 0.3) is 0 Å². The summed E-state index contributed by atoms with van der Waals surface area (Å²) in [6, 6.07) is 7.07. The largest absolute Gasteiger partial charge is 0.480 e. The van der Waals surface area contributed by atoms with E-state index in [2.05, 4.69) is 6.92 Å². The lowest BCUT2D eigenvalue weighted by molar-refractivity contribution is -0.207. The van der Waals surface area contributed by atoms with E-state index in [-0.39, 0.29) is 6.61 Å². The van der Waals surface area contributed by atoms with Crippen molar-refractivity contribution in [2.75, 3.05) is 19.8 Å². The van der Waals surface area contributed by atoms with E-state index in [9.17, 15) is 9.90 Å². The molecule has 1 aromatic rings. The standard InChI is InChI=1S/C38H56F2O5/c1-2-3-4-5-6-8-12-21-30-27-43-37(44-28-30)31-22-15-16-23-33(31)38(25-24-32(36(41)42)34(39)35(38)40)45-26-17-10-7-9-11-18-29-19-13-14-20-29/h15-16,22-25,29-30,32,37H,2-14,17-21,26-28H2,1H3,(H,41,42)/t30-,32?,37-,38?. The molecule has 3 aliphatic rings. The predicted octanol–water partition coefficient (Wildman–Crippen LogP) is 10.7. The SMILES string of the molecule is CCCCCCCCC[C@H]1CO[C@H](c2ccccc2C2(OCCCCCCCC3CCCC3)C=CC(C(=O)O)C(F)=C2F)OC1. The topological polar surface area (TPSA) is 65.0 Å². The normalized spacial score (nSPS) is 25.7. The van der Waals surface area contributed by atoms with Crippen molar-refractivity contribution < 1.29 is 32.9 Å². The van der Waals surface area contributed by atoms with Gasteiger partial charge in [0.1, 0.15) is 5.92 Å². The molecule has 2 aliphatic carbocycles. The molecular formula is C38H56F2O5. The molecule has 1 saturated carbocycles. The van der Waals surface area contributed by atoms with Crippen LogP contribution < -0.4 is 0 Å². The Morgan fingerprint density at radius 3 is 2.13 bits per heavy atom. The number of carbonyl (C=O) groups is 1. The van der Waals surface area contributed by atoms with Crippen molar-refractivity contribution in [2.24, 2.45) is 17.8 Å². The van der Waals surface area contributed by atoms with Gasteiger partial charge in [0.15, 0.2) is 23.5 Å². The number of hydrogen-bond acceptors (Lipinski definition) is 4. The maximum absolute atomic E-state index is 16.1. The van der Waals surface area contributed by atoms with Gasteiger partial charge in [-0.1, -0.05) is 140 Å². The van der Waals surface area contributed by atoms with Crippen LogP contribution in [0.3, 0.4) is 0 Å². The lowest BCUT2D eigenvalue weighted by Crippen LogP contribution is -2.36. The van der Waals surface area contributed by atoms with Gasteiger partial charge >= 0.3 is 5.97 Å². The maximum Gasteiger partial charge on any atom is 0.317 e. The van der Waals surface area contributed by atoms with E-state index in [1.807, 2.05) is 6.07 Å². The summed E-state index contributed by atoms with van der Waals surface area (Å²) >= 11 is 0. The number of carboxylic acid groups (broad SMARTS) is 1. The van der Waals surface area contributed by atoms with Gasteiger partial charge in [-0.15, -0.1) is 0 Å². The summed E-state index contributed by atoms with van der Waals surface area (Å²) in [7, 11) is 0. The number of rotatable bonds is 20. The number of ether oxygens (including phenoxy) is 3. The van der Waals surface area contributed by atoms with E-state index >= 15 is 8.78 Å². The van der Waals surface area contributed by atoms with Crippen molar-refractivity contribution in [3.05, 3.63) is 59.2 Å². The maximum atomic E-state index is 16.1. The summed E-state index contributed by atoms with van der Waals surface area (Å²) in [4.78, 5) is 11.7. The van der Waals surface area contributed by atoms with Crippen LogP contribution in [-0.2, 0) is 24.6 Å². The molecule has 0 bridgehead atoms. The molecular weight excluding hydrogens is 574 g/mol. The molecule has 2 atom stereocenters. The lowest BCUT2D eigenvalue weighted by Gasteiger charge is -2.37. The Balaban J connectivity index is 1.36. The molecule has 0 radical (unpaired) electrons. The molecule has 2 fully saturated rings. The molecule has 1 saturated heterocycles. The van der Waals surface area contributed by atoms with E-state index in [1.54, 1.807) is 18.2 Å². The Bertz CT molecular complexity index is 1090. The van der Waals surface area contributed by atoms with Crippen LogP contribution in [0.2, 0.25) is 0 Å². The summed E-state index contributed by atoms with van der Waals surface area (Å²) in [5, 5.41) is 9.49.